The SMILES string of the molecule is Fc1ccc(SCCSc2nnc(C3CC3)n2Cc2ccccc2)cc1. The normalized spacial score (nSPS) is 13.9. The van der Waals surface area contributed by atoms with Crippen molar-refractivity contribution in [2.24, 2.45) is 0 Å². The van der Waals surface area contributed by atoms with Gasteiger partial charge in [-0.3, -0.25) is 0 Å². The maximum Gasteiger partial charge on any atom is 0.191 e. The van der Waals surface area contributed by atoms with Crippen molar-refractivity contribution in [2.45, 2.75) is 35.4 Å². The molecule has 1 fully saturated rings. The second-order valence-corrected chi connectivity index (χ2v) is 8.57. The molecule has 1 aliphatic carbocycles. The number of rotatable bonds is 8. The third kappa shape index (κ3) is 4.48. The van der Waals surface area contributed by atoms with Crippen LogP contribution in [-0.4, -0.2) is 26.3 Å². The van der Waals surface area contributed by atoms with Gasteiger partial charge in [-0.15, -0.1) is 22.0 Å². The molecule has 0 saturated heterocycles. The van der Waals surface area contributed by atoms with E-state index >= 15 is 0 Å². The number of hydrogen-bond donors (Lipinski definition) is 0. The minimum atomic E-state index is -0.189. The van der Waals surface area contributed by atoms with Crippen LogP contribution in [0, 0.1) is 5.82 Å². The van der Waals surface area contributed by atoms with Gasteiger partial charge in [-0.2, -0.15) is 0 Å². The number of thioether (sulfide) groups is 2. The van der Waals surface area contributed by atoms with Crippen molar-refractivity contribution in [3.63, 3.8) is 0 Å². The van der Waals surface area contributed by atoms with Crippen LogP contribution in [0.1, 0.15) is 30.1 Å². The van der Waals surface area contributed by atoms with Crippen LogP contribution in [0.3, 0.4) is 0 Å². The first-order chi connectivity index (χ1) is 12.8. The molecule has 0 amide bonds. The number of hydrogen-bond acceptors (Lipinski definition) is 4. The Morgan fingerprint density at radius 3 is 2.38 bits per heavy atom. The minimum Gasteiger partial charge on any atom is -0.301 e. The van der Waals surface area contributed by atoms with Gasteiger partial charge in [0.05, 0.1) is 6.54 Å². The summed E-state index contributed by atoms with van der Waals surface area (Å²) in [6.45, 7) is 0.826. The summed E-state index contributed by atoms with van der Waals surface area (Å²) < 4.78 is 15.2. The number of nitrogens with zero attached hydrogens (tertiary/aromatic N) is 3. The molecule has 0 radical (unpaired) electrons. The fraction of sp³-hybridized carbons (Fsp3) is 0.300. The molecular formula is C20H20FN3S2. The van der Waals surface area contributed by atoms with Gasteiger partial charge in [0.2, 0.25) is 0 Å². The van der Waals surface area contributed by atoms with Crippen molar-refractivity contribution in [1.29, 1.82) is 0 Å². The molecule has 0 spiro atoms. The summed E-state index contributed by atoms with van der Waals surface area (Å²) in [6, 6.07) is 17.2. The molecular weight excluding hydrogens is 365 g/mol. The molecule has 26 heavy (non-hydrogen) atoms. The van der Waals surface area contributed by atoms with Crippen molar-refractivity contribution in [3.05, 3.63) is 71.8 Å². The highest BCUT2D eigenvalue weighted by Crippen LogP contribution is 2.40. The van der Waals surface area contributed by atoms with Gasteiger partial charge in [0.1, 0.15) is 11.6 Å². The topological polar surface area (TPSA) is 30.7 Å². The van der Waals surface area contributed by atoms with Crippen LogP contribution < -0.4 is 0 Å². The van der Waals surface area contributed by atoms with E-state index in [-0.39, 0.29) is 5.82 Å². The quantitative estimate of drug-likeness (QED) is 0.392. The van der Waals surface area contributed by atoms with E-state index < -0.39 is 0 Å². The fourth-order valence-corrected chi connectivity index (χ4v) is 4.61. The molecule has 0 bridgehead atoms. The van der Waals surface area contributed by atoms with Crippen LogP contribution in [0.25, 0.3) is 0 Å². The van der Waals surface area contributed by atoms with Gasteiger partial charge in [-0.1, -0.05) is 42.1 Å². The second-order valence-electron chi connectivity index (χ2n) is 6.34. The van der Waals surface area contributed by atoms with Gasteiger partial charge in [-0.05, 0) is 42.7 Å². The molecule has 1 saturated carbocycles. The smallest absolute Gasteiger partial charge is 0.191 e. The van der Waals surface area contributed by atoms with Gasteiger partial charge >= 0.3 is 0 Å². The molecule has 0 atom stereocenters. The number of benzene rings is 2. The third-order valence-electron chi connectivity index (χ3n) is 4.27. The van der Waals surface area contributed by atoms with Crippen LogP contribution in [-0.2, 0) is 6.54 Å². The molecule has 3 aromatic rings. The molecule has 0 aliphatic heterocycles. The number of halogens is 1. The molecule has 1 aromatic heterocycles. The van der Waals surface area contributed by atoms with Gasteiger partial charge in [0.25, 0.3) is 0 Å². The molecule has 134 valence electrons. The Morgan fingerprint density at radius 2 is 1.65 bits per heavy atom. The van der Waals surface area contributed by atoms with E-state index in [1.54, 1.807) is 23.5 Å². The van der Waals surface area contributed by atoms with Crippen LogP contribution in [0.5, 0.6) is 0 Å². The lowest BCUT2D eigenvalue weighted by Crippen LogP contribution is -2.06. The van der Waals surface area contributed by atoms with E-state index in [1.807, 2.05) is 18.2 Å². The summed E-state index contributed by atoms with van der Waals surface area (Å²) in [6.07, 6.45) is 2.44. The lowest BCUT2D eigenvalue weighted by Gasteiger charge is -2.10. The fourth-order valence-electron chi connectivity index (χ4n) is 2.79. The summed E-state index contributed by atoms with van der Waals surface area (Å²) in [5.74, 6) is 3.41. The molecule has 1 aliphatic rings. The first kappa shape index (κ1) is 17.6. The zero-order valence-electron chi connectivity index (χ0n) is 14.3. The maximum absolute atomic E-state index is 13.0. The molecule has 1 heterocycles. The average Bonchev–Trinajstić information content (AvgIpc) is 3.44. The zero-order valence-corrected chi connectivity index (χ0v) is 16.0. The van der Waals surface area contributed by atoms with Crippen LogP contribution in [0.2, 0.25) is 0 Å². The highest BCUT2D eigenvalue weighted by Gasteiger charge is 2.30. The van der Waals surface area contributed by atoms with Crippen LogP contribution >= 0.6 is 23.5 Å². The summed E-state index contributed by atoms with van der Waals surface area (Å²) >= 11 is 3.49. The molecule has 3 nitrogen and oxygen atoms in total. The Balaban J connectivity index is 1.39. The number of aromatic nitrogens is 3. The Labute approximate surface area is 161 Å². The predicted molar refractivity (Wildman–Crippen MR) is 105 cm³/mol. The van der Waals surface area contributed by atoms with Crippen molar-refractivity contribution >= 4 is 23.5 Å². The third-order valence-corrected chi connectivity index (χ3v) is 6.51. The summed E-state index contributed by atoms with van der Waals surface area (Å²) in [4.78, 5) is 1.09. The van der Waals surface area contributed by atoms with Gasteiger partial charge < -0.3 is 4.57 Å². The second kappa shape index (κ2) is 8.27. The van der Waals surface area contributed by atoms with E-state index in [0.29, 0.717) is 5.92 Å². The van der Waals surface area contributed by atoms with Crippen molar-refractivity contribution in [2.75, 3.05) is 11.5 Å². The highest BCUT2D eigenvalue weighted by atomic mass is 32.2. The lowest BCUT2D eigenvalue weighted by molar-refractivity contribution is 0.626. The maximum atomic E-state index is 13.0. The van der Waals surface area contributed by atoms with E-state index in [9.17, 15) is 4.39 Å². The molecule has 0 unspecified atom stereocenters. The summed E-state index contributed by atoms with van der Waals surface area (Å²) in [7, 11) is 0. The van der Waals surface area contributed by atoms with Gasteiger partial charge in [0, 0.05) is 22.3 Å². The predicted octanol–water partition coefficient (Wildman–Crippen LogP) is 5.23. The van der Waals surface area contributed by atoms with E-state index in [2.05, 4.69) is 39.0 Å². The largest absolute Gasteiger partial charge is 0.301 e. The van der Waals surface area contributed by atoms with E-state index in [0.717, 1.165) is 33.9 Å². The molecule has 4 rings (SSSR count). The first-order valence-corrected chi connectivity index (χ1v) is 10.7. The zero-order chi connectivity index (χ0) is 17.8. The molecule has 6 heteroatoms. The standard InChI is InChI=1S/C20H20FN3S2/c21-17-8-10-18(11-9-17)25-12-13-26-20-23-22-19(16-6-7-16)24(20)14-15-4-2-1-3-5-15/h1-5,8-11,16H,6-7,12-14H2. The van der Waals surface area contributed by atoms with Crippen LogP contribution in [0.4, 0.5) is 4.39 Å². The van der Waals surface area contributed by atoms with Crippen molar-refractivity contribution in [3.8, 4) is 0 Å². The van der Waals surface area contributed by atoms with Crippen LogP contribution in [0.15, 0.2) is 64.6 Å². The van der Waals surface area contributed by atoms with Gasteiger partial charge in [0.15, 0.2) is 5.16 Å². The van der Waals surface area contributed by atoms with Crippen molar-refractivity contribution < 1.29 is 4.39 Å². The van der Waals surface area contributed by atoms with E-state index in [4.69, 9.17) is 0 Å². The Hall–Kier alpha value is -1.79. The highest BCUT2D eigenvalue weighted by molar-refractivity contribution is 8.02. The summed E-state index contributed by atoms with van der Waals surface area (Å²) in [5.41, 5.74) is 1.27. The average molecular weight is 386 g/mol. The lowest BCUT2D eigenvalue weighted by atomic mass is 10.2. The Kier molecular flexibility index (Phi) is 5.60. The van der Waals surface area contributed by atoms with Gasteiger partial charge in [-0.25, -0.2) is 4.39 Å². The molecule has 2 aromatic carbocycles. The Morgan fingerprint density at radius 1 is 0.923 bits per heavy atom. The Bertz CT molecular complexity index is 845. The first-order valence-electron chi connectivity index (χ1n) is 8.78. The van der Waals surface area contributed by atoms with Crippen molar-refractivity contribution in [1.82, 2.24) is 14.8 Å². The van der Waals surface area contributed by atoms with E-state index in [1.165, 1.54) is 30.5 Å². The minimum absolute atomic E-state index is 0.189. The summed E-state index contributed by atoms with van der Waals surface area (Å²) in [5, 5.41) is 9.91. The molecule has 0 N–H and O–H groups in total. The monoisotopic (exact) mass is 385 g/mol.